The van der Waals surface area contributed by atoms with Crippen LogP contribution in [0, 0.1) is 10.1 Å². The largest absolute Gasteiger partial charge is 0.490 e. The minimum Gasteiger partial charge on any atom is -0.490 e. The van der Waals surface area contributed by atoms with Gasteiger partial charge >= 0.3 is 5.69 Å². The molecule has 1 unspecified atom stereocenters. The lowest BCUT2D eigenvalue weighted by atomic mass is 10.1. The first-order chi connectivity index (χ1) is 15.8. The summed E-state index contributed by atoms with van der Waals surface area (Å²) in [6.07, 6.45) is 1.78. The second-order valence-corrected chi connectivity index (χ2v) is 7.78. The topological polar surface area (TPSA) is 111 Å². The van der Waals surface area contributed by atoms with E-state index in [9.17, 15) is 19.7 Å². The zero-order valence-electron chi connectivity index (χ0n) is 18.9. The number of benzene rings is 2. The van der Waals surface area contributed by atoms with Crippen molar-refractivity contribution in [3.8, 4) is 11.5 Å². The highest BCUT2D eigenvalue weighted by Gasteiger charge is 2.26. The lowest BCUT2D eigenvalue weighted by molar-refractivity contribution is -0.385. The van der Waals surface area contributed by atoms with Crippen molar-refractivity contribution in [1.29, 1.82) is 0 Å². The van der Waals surface area contributed by atoms with Crippen LogP contribution in [-0.2, 0) is 16.1 Å². The third kappa shape index (κ3) is 7.64. The number of rotatable bonds is 12. The molecule has 1 atom stereocenters. The molecule has 0 radical (unpaired) electrons. The molecule has 0 aliphatic heterocycles. The number of nitrogens with zero attached hydrogens (tertiary/aromatic N) is 2. The fourth-order valence-corrected chi connectivity index (χ4v) is 3.16. The lowest BCUT2D eigenvalue weighted by Crippen LogP contribution is -2.49. The molecule has 0 aliphatic carbocycles. The quantitative estimate of drug-likeness (QED) is 0.281. The molecule has 33 heavy (non-hydrogen) atoms. The van der Waals surface area contributed by atoms with Crippen molar-refractivity contribution in [2.24, 2.45) is 0 Å². The van der Waals surface area contributed by atoms with Gasteiger partial charge in [-0.25, -0.2) is 0 Å². The minimum atomic E-state index is -0.736. The number of hydrogen-bond acceptors (Lipinski definition) is 6. The smallest absolute Gasteiger partial charge is 0.311 e. The molecule has 2 rings (SSSR count). The molecule has 0 saturated carbocycles. The van der Waals surface area contributed by atoms with Gasteiger partial charge in [-0.3, -0.25) is 19.7 Å². The highest BCUT2D eigenvalue weighted by molar-refractivity contribution is 6.30. The van der Waals surface area contributed by atoms with Crippen molar-refractivity contribution in [2.45, 2.75) is 39.3 Å². The molecule has 0 aliphatic rings. The van der Waals surface area contributed by atoms with E-state index in [1.807, 2.05) is 6.92 Å². The summed E-state index contributed by atoms with van der Waals surface area (Å²) >= 11 is 5.95. The fraction of sp³-hybridized carbons (Fsp3) is 0.391. The maximum absolute atomic E-state index is 13.0. The van der Waals surface area contributed by atoms with Crippen LogP contribution in [0.25, 0.3) is 0 Å². The third-order valence-electron chi connectivity index (χ3n) is 4.97. The molecule has 9 nitrogen and oxygen atoms in total. The van der Waals surface area contributed by atoms with Gasteiger partial charge in [-0.15, -0.1) is 0 Å². The zero-order chi connectivity index (χ0) is 24.4. The van der Waals surface area contributed by atoms with Gasteiger partial charge in [0, 0.05) is 30.2 Å². The van der Waals surface area contributed by atoms with E-state index in [1.54, 1.807) is 31.2 Å². The van der Waals surface area contributed by atoms with E-state index in [2.05, 4.69) is 5.32 Å². The first-order valence-corrected chi connectivity index (χ1v) is 10.9. The van der Waals surface area contributed by atoms with Gasteiger partial charge < -0.3 is 19.7 Å². The van der Waals surface area contributed by atoms with Crippen LogP contribution in [0.3, 0.4) is 0 Å². The van der Waals surface area contributed by atoms with E-state index in [1.165, 1.54) is 30.2 Å². The number of nitrogens with one attached hydrogen (secondary N) is 1. The second-order valence-electron chi connectivity index (χ2n) is 7.35. The Bertz CT molecular complexity index is 967. The Labute approximate surface area is 197 Å². The molecule has 10 heteroatoms. The molecule has 2 amide bonds. The Morgan fingerprint density at radius 2 is 1.91 bits per heavy atom. The van der Waals surface area contributed by atoms with E-state index in [0.29, 0.717) is 11.6 Å². The SMILES string of the molecule is CCCCNC(=O)C(C)N(Cc1ccc(Cl)cc1)C(=O)COc1ccc([N+](=O)[O-])c(OC)c1. The van der Waals surface area contributed by atoms with Gasteiger partial charge in [0.1, 0.15) is 11.8 Å². The third-order valence-corrected chi connectivity index (χ3v) is 5.23. The maximum Gasteiger partial charge on any atom is 0.311 e. The normalized spacial score (nSPS) is 11.4. The molecule has 0 aromatic heterocycles. The Hall–Kier alpha value is -3.33. The first kappa shape index (κ1) is 25.9. The van der Waals surface area contributed by atoms with Crippen LogP contribution in [-0.4, -0.2) is 47.9 Å². The number of amides is 2. The predicted octanol–water partition coefficient (Wildman–Crippen LogP) is 3.97. The molecule has 0 saturated heterocycles. The molecular weight excluding hydrogens is 450 g/mol. The fourth-order valence-electron chi connectivity index (χ4n) is 3.03. The standard InChI is InChI=1S/C23H28ClN3O6/c1-4-5-12-25-23(29)16(2)26(14-17-6-8-18(24)9-7-17)22(28)15-33-19-10-11-20(27(30)31)21(13-19)32-3/h6-11,13,16H,4-5,12,14-15H2,1-3H3,(H,25,29). The molecule has 2 aromatic rings. The van der Waals surface area contributed by atoms with Crippen LogP contribution in [0.5, 0.6) is 11.5 Å². The van der Waals surface area contributed by atoms with E-state index in [0.717, 1.165) is 18.4 Å². The zero-order valence-corrected chi connectivity index (χ0v) is 19.6. The van der Waals surface area contributed by atoms with Gasteiger partial charge in [0.2, 0.25) is 11.7 Å². The Kier molecular flexibility index (Phi) is 9.93. The molecule has 1 N–H and O–H groups in total. The van der Waals surface area contributed by atoms with Gasteiger partial charge in [0.25, 0.3) is 5.91 Å². The number of unbranched alkanes of at least 4 members (excludes halogenated alkanes) is 1. The molecule has 0 fully saturated rings. The van der Waals surface area contributed by atoms with Gasteiger partial charge in [-0.2, -0.15) is 0 Å². The minimum absolute atomic E-state index is 0.0200. The highest BCUT2D eigenvalue weighted by atomic mass is 35.5. The van der Waals surface area contributed by atoms with Crippen molar-refractivity contribution in [2.75, 3.05) is 20.3 Å². The van der Waals surface area contributed by atoms with Crippen LogP contribution < -0.4 is 14.8 Å². The Morgan fingerprint density at radius 1 is 1.21 bits per heavy atom. The highest BCUT2D eigenvalue weighted by Crippen LogP contribution is 2.30. The molecular formula is C23H28ClN3O6. The van der Waals surface area contributed by atoms with E-state index in [4.69, 9.17) is 21.1 Å². The van der Waals surface area contributed by atoms with Crippen LogP contribution in [0.15, 0.2) is 42.5 Å². The van der Waals surface area contributed by atoms with Crippen LogP contribution >= 0.6 is 11.6 Å². The molecule has 0 spiro atoms. The monoisotopic (exact) mass is 477 g/mol. The number of nitro benzene ring substituents is 1. The average Bonchev–Trinajstić information content (AvgIpc) is 2.81. The van der Waals surface area contributed by atoms with Gasteiger partial charge in [0.15, 0.2) is 6.61 Å². The summed E-state index contributed by atoms with van der Waals surface area (Å²) in [5, 5.41) is 14.5. The summed E-state index contributed by atoms with van der Waals surface area (Å²) < 4.78 is 10.6. The number of halogens is 1. The summed E-state index contributed by atoms with van der Waals surface area (Å²) in [4.78, 5) is 37.6. The number of nitro groups is 1. The van der Waals surface area contributed by atoms with E-state index >= 15 is 0 Å². The number of ether oxygens (including phenoxy) is 2. The van der Waals surface area contributed by atoms with Crippen molar-refractivity contribution in [3.05, 3.63) is 63.2 Å². The summed E-state index contributed by atoms with van der Waals surface area (Å²) in [6, 6.07) is 10.2. The first-order valence-electron chi connectivity index (χ1n) is 10.5. The summed E-state index contributed by atoms with van der Waals surface area (Å²) in [5.74, 6) is -0.424. The molecule has 0 bridgehead atoms. The van der Waals surface area contributed by atoms with Gasteiger partial charge in [0.05, 0.1) is 12.0 Å². The number of carbonyl (C=O) groups is 2. The molecule has 178 valence electrons. The van der Waals surface area contributed by atoms with Crippen molar-refractivity contribution < 1.29 is 24.0 Å². The van der Waals surface area contributed by atoms with E-state index in [-0.39, 0.29) is 36.2 Å². The number of hydrogen-bond donors (Lipinski definition) is 1. The summed E-state index contributed by atoms with van der Waals surface area (Å²) in [6.45, 7) is 4.04. The Balaban J connectivity index is 2.15. The van der Waals surface area contributed by atoms with Crippen LogP contribution in [0.1, 0.15) is 32.3 Å². The second kappa shape index (κ2) is 12.6. The lowest BCUT2D eigenvalue weighted by Gasteiger charge is -2.28. The van der Waals surface area contributed by atoms with Crippen LogP contribution in [0.4, 0.5) is 5.69 Å². The van der Waals surface area contributed by atoms with Crippen molar-refractivity contribution in [1.82, 2.24) is 10.2 Å². The molecule has 0 heterocycles. The number of carbonyl (C=O) groups excluding carboxylic acids is 2. The molecule has 2 aromatic carbocycles. The number of methoxy groups -OCH3 is 1. The summed E-state index contributed by atoms with van der Waals surface area (Å²) in [5.41, 5.74) is 0.593. The van der Waals surface area contributed by atoms with Crippen molar-refractivity contribution >= 4 is 29.1 Å². The summed E-state index contributed by atoms with van der Waals surface area (Å²) in [7, 11) is 1.31. The van der Waals surface area contributed by atoms with Gasteiger partial charge in [-0.05, 0) is 37.1 Å². The predicted molar refractivity (Wildman–Crippen MR) is 125 cm³/mol. The van der Waals surface area contributed by atoms with Crippen molar-refractivity contribution in [3.63, 3.8) is 0 Å². The average molecular weight is 478 g/mol. The van der Waals surface area contributed by atoms with Crippen LogP contribution in [0.2, 0.25) is 5.02 Å². The van der Waals surface area contributed by atoms with Gasteiger partial charge in [-0.1, -0.05) is 37.1 Å². The van der Waals surface area contributed by atoms with E-state index < -0.39 is 16.9 Å². The maximum atomic E-state index is 13.0. The Morgan fingerprint density at radius 3 is 2.52 bits per heavy atom.